The second kappa shape index (κ2) is 9.56. The Balaban J connectivity index is 1.61. The van der Waals surface area contributed by atoms with Crippen LogP contribution in [0.15, 0.2) is 60.2 Å². The maximum atomic E-state index is 12.2. The highest BCUT2D eigenvalue weighted by molar-refractivity contribution is 6.01. The van der Waals surface area contributed by atoms with Crippen molar-refractivity contribution in [1.29, 1.82) is 5.26 Å². The summed E-state index contributed by atoms with van der Waals surface area (Å²) in [5.41, 5.74) is 1.88. The van der Waals surface area contributed by atoms with Crippen molar-refractivity contribution >= 4 is 12.0 Å². The van der Waals surface area contributed by atoms with Crippen LogP contribution >= 0.6 is 0 Å². The van der Waals surface area contributed by atoms with Crippen molar-refractivity contribution in [3.63, 3.8) is 0 Å². The molecule has 0 bridgehead atoms. The van der Waals surface area contributed by atoms with Gasteiger partial charge in [-0.3, -0.25) is 4.79 Å². The van der Waals surface area contributed by atoms with Crippen LogP contribution in [0.5, 0.6) is 5.75 Å². The zero-order valence-electron chi connectivity index (χ0n) is 15.1. The summed E-state index contributed by atoms with van der Waals surface area (Å²) >= 11 is 0. The van der Waals surface area contributed by atoms with Crippen LogP contribution < -0.4 is 10.1 Å². The molecular weight excluding hydrogens is 340 g/mol. The molecule has 0 aromatic heterocycles. The highest BCUT2D eigenvalue weighted by atomic mass is 16.5. The maximum Gasteiger partial charge on any atom is 0.262 e. The minimum absolute atomic E-state index is 0.0450. The van der Waals surface area contributed by atoms with Crippen molar-refractivity contribution in [3.8, 4) is 11.8 Å². The van der Waals surface area contributed by atoms with Gasteiger partial charge in [0.1, 0.15) is 24.0 Å². The molecule has 0 aliphatic carbocycles. The van der Waals surface area contributed by atoms with Gasteiger partial charge in [0, 0.05) is 13.2 Å². The van der Waals surface area contributed by atoms with Gasteiger partial charge in [0.2, 0.25) is 0 Å². The van der Waals surface area contributed by atoms with Gasteiger partial charge in [-0.05, 0) is 42.2 Å². The first kappa shape index (κ1) is 18.7. The Bertz CT molecular complexity index is 834. The number of nitriles is 1. The quantitative estimate of drug-likeness (QED) is 0.605. The predicted octanol–water partition coefficient (Wildman–Crippen LogP) is 3.47. The molecule has 1 aliphatic heterocycles. The average molecular weight is 362 g/mol. The lowest BCUT2D eigenvalue weighted by Gasteiger charge is -2.10. The van der Waals surface area contributed by atoms with Crippen LogP contribution in [0, 0.1) is 11.3 Å². The van der Waals surface area contributed by atoms with Gasteiger partial charge in [-0.1, -0.05) is 42.5 Å². The molecule has 1 amide bonds. The van der Waals surface area contributed by atoms with Crippen molar-refractivity contribution < 1.29 is 14.3 Å². The first-order chi connectivity index (χ1) is 13.2. The van der Waals surface area contributed by atoms with Crippen LogP contribution in [0.2, 0.25) is 0 Å². The molecule has 1 heterocycles. The summed E-state index contributed by atoms with van der Waals surface area (Å²) in [5, 5.41) is 12.1. The highest BCUT2D eigenvalue weighted by Gasteiger charge is 2.17. The fourth-order valence-corrected chi connectivity index (χ4v) is 2.86. The second-order valence-electron chi connectivity index (χ2n) is 6.36. The largest absolute Gasteiger partial charge is 0.489 e. The van der Waals surface area contributed by atoms with Gasteiger partial charge < -0.3 is 14.8 Å². The number of rotatable bonds is 7. The van der Waals surface area contributed by atoms with E-state index in [1.54, 1.807) is 6.08 Å². The van der Waals surface area contributed by atoms with E-state index in [2.05, 4.69) is 5.32 Å². The number of hydrogen-bond acceptors (Lipinski definition) is 4. The van der Waals surface area contributed by atoms with E-state index in [0.717, 1.165) is 30.6 Å². The normalized spacial score (nSPS) is 16.6. The molecule has 1 aliphatic rings. The number of nitrogens with zero attached hydrogens (tertiary/aromatic N) is 1. The molecule has 0 unspecified atom stereocenters. The van der Waals surface area contributed by atoms with E-state index >= 15 is 0 Å². The fourth-order valence-electron chi connectivity index (χ4n) is 2.86. The van der Waals surface area contributed by atoms with Crippen molar-refractivity contribution in [2.75, 3.05) is 13.2 Å². The van der Waals surface area contributed by atoms with E-state index in [4.69, 9.17) is 9.47 Å². The van der Waals surface area contributed by atoms with Crippen molar-refractivity contribution in [3.05, 3.63) is 71.3 Å². The maximum absolute atomic E-state index is 12.2. The summed E-state index contributed by atoms with van der Waals surface area (Å²) in [6.45, 7) is 1.62. The third-order valence-electron chi connectivity index (χ3n) is 4.30. The number of amides is 1. The lowest BCUT2D eigenvalue weighted by Crippen LogP contribution is -2.32. The first-order valence-corrected chi connectivity index (χ1v) is 9.03. The Morgan fingerprint density at radius 3 is 2.85 bits per heavy atom. The van der Waals surface area contributed by atoms with Crippen molar-refractivity contribution in [1.82, 2.24) is 5.32 Å². The summed E-state index contributed by atoms with van der Waals surface area (Å²) in [6, 6.07) is 19.2. The zero-order valence-corrected chi connectivity index (χ0v) is 15.1. The molecule has 2 aromatic carbocycles. The molecule has 5 heteroatoms. The first-order valence-electron chi connectivity index (χ1n) is 9.03. The molecule has 1 fully saturated rings. The Morgan fingerprint density at radius 2 is 2.11 bits per heavy atom. The van der Waals surface area contributed by atoms with E-state index in [1.807, 2.05) is 60.7 Å². The summed E-state index contributed by atoms with van der Waals surface area (Å²) < 4.78 is 11.3. The van der Waals surface area contributed by atoms with E-state index in [-0.39, 0.29) is 17.6 Å². The molecule has 138 valence electrons. The van der Waals surface area contributed by atoms with Crippen LogP contribution in [0.1, 0.15) is 24.0 Å². The molecule has 1 atom stereocenters. The van der Waals surface area contributed by atoms with Crippen molar-refractivity contribution in [2.45, 2.75) is 25.6 Å². The average Bonchev–Trinajstić information content (AvgIpc) is 3.23. The van der Waals surface area contributed by atoms with Gasteiger partial charge in [-0.15, -0.1) is 0 Å². The van der Waals surface area contributed by atoms with Gasteiger partial charge in [-0.25, -0.2) is 0 Å². The number of carbonyl (C=O) groups excluding carboxylic acids is 1. The van der Waals surface area contributed by atoms with Crippen LogP contribution in [0.4, 0.5) is 0 Å². The van der Waals surface area contributed by atoms with Crippen LogP contribution in [-0.2, 0) is 16.1 Å². The smallest absolute Gasteiger partial charge is 0.262 e. The Labute approximate surface area is 159 Å². The Morgan fingerprint density at radius 1 is 1.26 bits per heavy atom. The number of carbonyl (C=O) groups is 1. The monoisotopic (exact) mass is 362 g/mol. The Hall–Kier alpha value is -3.10. The molecule has 0 spiro atoms. The van der Waals surface area contributed by atoms with E-state index < -0.39 is 0 Å². The van der Waals surface area contributed by atoms with E-state index in [1.165, 1.54) is 0 Å². The molecule has 5 nitrogen and oxygen atoms in total. The highest BCUT2D eigenvalue weighted by Crippen LogP contribution is 2.18. The molecule has 0 saturated carbocycles. The minimum Gasteiger partial charge on any atom is -0.489 e. The molecule has 0 radical (unpaired) electrons. The van der Waals surface area contributed by atoms with Gasteiger partial charge in [0.25, 0.3) is 5.91 Å². The lowest BCUT2D eigenvalue weighted by atomic mass is 10.1. The van der Waals surface area contributed by atoms with Gasteiger partial charge in [-0.2, -0.15) is 5.26 Å². The van der Waals surface area contributed by atoms with Crippen molar-refractivity contribution in [2.24, 2.45) is 0 Å². The number of nitrogens with one attached hydrogen (secondary N) is 1. The van der Waals surface area contributed by atoms with Gasteiger partial charge in [0.15, 0.2) is 0 Å². The van der Waals surface area contributed by atoms with Crippen LogP contribution in [-0.4, -0.2) is 25.2 Å². The van der Waals surface area contributed by atoms with E-state index in [0.29, 0.717) is 18.9 Å². The third kappa shape index (κ3) is 5.70. The summed E-state index contributed by atoms with van der Waals surface area (Å²) in [4.78, 5) is 12.2. The summed E-state index contributed by atoms with van der Waals surface area (Å²) in [6.07, 6.45) is 3.56. The molecular formula is C22H22N2O3. The molecule has 27 heavy (non-hydrogen) atoms. The van der Waals surface area contributed by atoms with Crippen LogP contribution in [0.3, 0.4) is 0 Å². The van der Waals surface area contributed by atoms with Gasteiger partial charge >= 0.3 is 0 Å². The molecule has 2 aromatic rings. The fraction of sp³-hybridized carbons (Fsp3) is 0.273. The van der Waals surface area contributed by atoms with Gasteiger partial charge in [0.05, 0.1) is 6.10 Å². The topological polar surface area (TPSA) is 71.3 Å². The summed E-state index contributed by atoms with van der Waals surface area (Å²) in [7, 11) is 0. The molecule has 3 rings (SSSR count). The Kier molecular flexibility index (Phi) is 6.61. The van der Waals surface area contributed by atoms with Crippen LogP contribution in [0.25, 0.3) is 6.08 Å². The zero-order chi connectivity index (χ0) is 18.9. The minimum atomic E-state index is -0.386. The summed E-state index contributed by atoms with van der Waals surface area (Å²) in [5.74, 6) is 0.299. The second-order valence-corrected chi connectivity index (χ2v) is 6.36. The van der Waals surface area contributed by atoms with E-state index in [9.17, 15) is 10.1 Å². The number of hydrogen-bond donors (Lipinski definition) is 1. The predicted molar refractivity (Wildman–Crippen MR) is 103 cm³/mol. The third-order valence-corrected chi connectivity index (χ3v) is 4.30. The standard InChI is InChI=1S/C22H22N2O3/c23-14-19(22(25)24-15-21-10-5-11-26-21)12-18-8-4-9-20(13-18)27-16-17-6-2-1-3-7-17/h1-4,6-9,12-13,21H,5,10-11,15-16H2,(H,24,25)/b19-12+/t21-/m1/s1. The molecule has 1 saturated heterocycles. The molecule has 1 N–H and O–H groups in total. The number of ether oxygens (including phenoxy) is 2. The lowest BCUT2D eigenvalue weighted by molar-refractivity contribution is -0.117. The SMILES string of the molecule is N#C/C(=C\c1cccc(OCc2ccccc2)c1)C(=O)NC[C@H]1CCCO1. The number of benzene rings is 2.